The second-order valence-corrected chi connectivity index (χ2v) is 4.65. The topological polar surface area (TPSA) is 83.8 Å². The first-order valence-electron chi connectivity index (χ1n) is 5.27. The van der Waals surface area contributed by atoms with E-state index in [1.807, 2.05) is 25.4 Å². The summed E-state index contributed by atoms with van der Waals surface area (Å²) in [6.07, 6.45) is 3.66. The van der Waals surface area contributed by atoms with Gasteiger partial charge in [0.2, 0.25) is 0 Å². The lowest BCUT2D eigenvalue weighted by Crippen LogP contribution is -2.23. The van der Waals surface area contributed by atoms with Crippen LogP contribution in [0.2, 0.25) is 0 Å². The Morgan fingerprint density at radius 1 is 1.71 bits per heavy atom. The number of rotatable bonds is 4. The number of nitrogens with one attached hydrogen (secondary N) is 2. The van der Waals surface area contributed by atoms with Crippen molar-refractivity contribution < 1.29 is 4.79 Å². The lowest BCUT2D eigenvalue weighted by atomic mass is 10.3. The van der Waals surface area contributed by atoms with Crippen molar-refractivity contribution in [3.05, 3.63) is 40.1 Å². The number of H-pyrrole nitrogens is 1. The van der Waals surface area contributed by atoms with Crippen LogP contribution < -0.4 is 11.1 Å². The van der Waals surface area contributed by atoms with Crippen molar-refractivity contribution in [3.63, 3.8) is 0 Å². The fourth-order valence-electron chi connectivity index (χ4n) is 1.34. The predicted molar refractivity (Wildman–Crippen MR) is 66.7 cm³/mol. The molecule has 2 aromatic heterocycles. The van der Waals surface area contributed by atoms with Gasteiger partial charge in [0.05, 0.1) is 6.04 Å². The fourth-order valence-corrected chi connectivity index (χ4v) is 2.10. The summed E-state index contributed by atoms with van der Waals surface area (Å²) in [6.45, 7) is 2.34. The van der Waals surface area contributed by atoms with E-state index in [-0.39, 0.29) is 11.9 Å². The summed E-state index contributed by atoms with van der Waals surface area (Å²) in [5.74, 6) is -0.172. The highest BCUT2D eigenvalue weighted by Crippen LogP contribution is 2.15. The van der Waals surface area contributed by atoms with Gasteiger partial charge >= 0.3 is 0 Å². The Bertz CT molecular complexity index is 489. The summed E-state index contributed by atoms with van der Waals surface area (Å²) < 4.78 is 0. The average Bonchev–Trinajstić information content (AvgIpc) is 2.96. The highest BCUT2D eigenvalue weighted by molar-refractivity contribution is 7.09. The van der Waals surface area contributed by atoms with E-state index in [9.17, 15) is 4.79 Å². The summed E-state index contributed by atoms with van der Waals surface area (Å²) in [7, 11) is 0. The van der Waals surface area contributed by atoms with Crippen LogP contribution in [0.15, 0.2) is 23.8 Å². The van der Waals surface area contributed by atoms with E-state index in [4.69, 9.17) is 5.73 Å². The SMILES string of the molecule is CC(N)c1nc(C(=O)NCc2cc[nH]c2)cs1. The molecule has 0 saturated heterocycles. The first-order valence-corrected chi connectivity index (χ1v) is 6.15. The molecule has 0 fully saturated rings. The molecule has 4 N–H and O–H groups in total. The van der Waals surface area contributed by atoms with E-state index < -0.39 is 0 Å². The van der Waals surface area contributed by atoms with Gasteiger partial charge in [-0.2, -0.15) is 0 Å². The first-order chi connectivity index (χ1) is 8.16. The van der Waals surface area contributed by atoms with Crippen LogP contribution in [0, 0.1) is 0 Å². The van der Waals surface area contributed by atoms with Gasteiger partial charge in [-0.25, -0.2) is 4.98 Å². The summed E-state index contributed by atoms with van der Waals surface area (Å²) in [5.41, 5.74) is 7.15. The molecule has 6 heteroatoms. The Balaban J connectivity index is 1.95. The highest BCUT2D eigenvalue weighted by Gasteiger charge is 2.12. The van der Waals surface area contributed by atoms with Crippen LogP contribution in [0.3, 0.4) is 0 Å². The molecule has 0 aliphatic carbocycles. The van der Waals surface area contributed by atoms with Gasteiger partial charge in [-0.1, -0.05) is 0 Å². The standard InChI is InChI=1S/C11H14N4OS/c1-7(12)11-15-9(6-17-11)10(16)14-5-8-2-3-13-4-8/h2-4,6-7,13H,5,12H2,1H3,(H,14,16). The Morgan fingerprint density at radius 3 is 3.12 bits per heavy atom. The van der Waals surface area contributed by atoms with Gasteiger partial charge in [0.15, 0.2) is 0 Å². The Labute approximate surface area is 103 Å². The number of thiazole rings is 1. The van der Waals surface area contributed by atoms with Crippen molar-refractivity contribution in [2.45, 2.75) is 19.5 Å². The van der Waals surface area contributed by atoms with Crippen molar-refractivity contribution >= 4 is 17.2 Å². The van der Waals surface area contributed by atoms with E-state index >= 15 is 0 Å². The minimum Gasteiger partial charge on any atom is -0.367 e. The molecule has 1 unspecified atom stereocenters. The third-order valence-electron chi connectivity index (χ3n) is 2.26. The predicted octanol–water partition coefficient (Wildman–Crippen LogP) is 1.42. The van der Waals surface area contributed by atoms with Crippen LogP contribution >= 0.6 is 11.3 Å². The summed E-state index contributed by atoms with van der Waals surface area (Å²) in [4.78, 5) is 18.9. The van der Waals surface area contributed by atoms with Gasteiger partial charge in [0.1, 0.15) is 10.7 Å². The van der Waals surface area contributed by atoms with Crippen molar-refractivity contribution in [2.24, 2.45) is 5.73 Å². The van der Waals surface area contributed by atoms with E-state index in [0.29, 0.717) is 12.2 Å². The number of nitrogens with zero attached hydrogens (tertiary/aromatic N) is 1. The Morgan fingerprint density at radius 2 is 2.53 bits per heavy atom. The second kappa shape index (κ2) is 5.11. The largest absolute Gasteiger partial charge is 0.367 e. The van der Waals surface area contributed by atoms with Crippen LogP contribution in [0.4, 0.5) is 0 Å². The normalized spacial score (nSPS) is 12.4. The number of aromatic amines is 1. The molecule has 0 aliphatic rings. The molecular formula is C11H14N4OS. The lowest BCUT2D eigenvalue weighted by Gasteiger charge is -2.01. The smallest absolute Gasteiger partial charge is 0.271 e. The van der Waals surface area contributed by atoms with E-state index in [2.05, 4.69) is 15.3 Å². The Hall–Kier alpha value is -1.66. The molecule has 1 amide bonds. The van der Waals surface area contributed by atoms with Crippen LogP contribution in [0.5, 0.6) is 0 Å². The number of amides is 1. The molecule has 0 bridgehead atoms. The third-order valence-corrected chi connectivity index (χ3v) is 3.31. The number of aromatic nitrogens is 2. The highest BCUT2D eigenvalue weighted by atomic mass is 32.1. The molecule has 90 valence electrons. The maximum absolute atomic E-state index is 11.8. The number of carbonyl (C=O) groups excluding carboxylic acids is 1. The molecule has 0 radical (unpaired) electrons. The molecule has 2 heterocycles. The van der Waals surface area contributed by atoms with Crippen LogP contribution in [-0.4, -0.2) is 15.9 Å². The van der Waals surface area contributed by atoms with Crippen molar-refractivity contribution in [2.75, 3.05) is 0 Å². The summed E-state index contributed by atoms with van der Waals surface area (Å²) in [5, 5.41) is 5.30. The van der Waals surface area contributed by atoms with Crippen LogP contribution in [-0.2, 0) is 6.54 Å². The minimum atomic E-state index is -0.172. The zero-order chi connectivity index (χ0) is 12.3. The molecule has 2 rings (SSSR count). The average molecular weight is 250 g/mol. The fraction of sp³-hybridized carbons (Fsp3) is 0.273. The third kappa shape index (κ3) is 2.92. The van der Waals surface area contributed by atoms with Gasteiger partial charge in [-0.05, 0) is 18.6 Å². The number of hydrogen-bond donors (Lipinski definition) is 3. The van der Waals surface area contributed by atoms with Gasteiger partial charge in [-0.15, -0.1) is 11.3 Å². The Kier molecular flexibility index (Phi) is 3.55. The zero-order valence-electron chi connectivity index (χ0n) is 9.43. The molecule has 17 heavy (non-hydrogen) atoms. The monoisotopic (exact) mass is 250 g/mol. The summed E-state index contributed by atoms with van der Waals surface area (Å²) in [6, 6.07) is 1.78. The van der Waals surface area contributed by atoms with Gasteiger partial charge in [-0.3, -0.25) is 4.79 Å². The maximum atomic E-state index is 11.8. The first kappa shape index (κ1) is 11.8. The number of hydrogen-bond acceptors (Lipinski definition) is 4. The van der Waals surface area contributed by atoms with Gasteiger partial charge in [0, 0.05) is 24.3 Å². The van der Waals surface area contributed by atoms with Crippen LogP contribution in [0.1, 0.15) is 34.0 Å². The van der Waals surface area contributed by atoms with Crippen molar-refractivity contribution in [3.8, 4) is 0 Å². The maximum Gasteiger partial charge on any atom is 0.271 e. The molecule has 0 aliphatic heterocycles. The van der Waals surface area contributed by atoms with Gasteiger partial charge in [0.25, 0.3) is 5.91 Å². The lowest BCUT2D eigenvalue weighted by molar-refractivity contribution is 0.0946. The molecule has 5 nitrogen and oxygen atoms in total. The van der Waals surface area contributed by atoms with E-state index in [1.165, 1.54) is 11.3 Å². The van der Waals surface area contributed by atoms with Gasteiger partial charge < -0.3 is 16.0 Å². The molecule has 2 aromatic rings. The molecule has 1 atom stereocenters. The minimum absolute atomic E-state index is 0.133. The quantitative estimate of drug-likeness (QED) is 0.767. The second-order valence-electron chi connectivity index (χ2n) is 3.76. The van der Waals surface area contributed by atoms with Crippen LogP contribution in [0.25, 0.3) is 0 Å². The molecular weight excluding hydrogens is 236 g/mol. The number of carbonyl (C=O) groups is 1. The van der Waals surface area contributed by atoms with E-state index in [0.717, 1.165) is 10.6 Å². The zero-order valence-corrected chi connectivity index (χ0v) is 10.3. The summed E-state index contributed by atoms with van der Waals surface area (Å²) >= 11 is 1.41. The molecule has 0 spiro atoms. The molecule has 0 saturated carbocycles. The van der Waals surface area contributed by atoms with Crippen molar-refractivity contribution in [1.82, 2.24) is 15.3 Å². The number of nitrogens with two attached hydrogens (primary N) is 1. The van der Waals surface area contributed by atoms with E-state index in [1.54, 1.807) is 5.38 Å². The van der Waals surface area contributed by atoms with Crippen molar-refractivity contribution in [1.29, 1.82) is 0 Å². The molecule has 0 aromatic carbocycles.